The van der Waals surface area contributed by atoms with Gasteiger partial charge in [-0.05, 0) is 13.0 Å². The fourth-order valence-corrected chi connectivity index (χ4v) is 0.834. The molecule has 1 rings (SSSR count). The van der Waals surface area contributed by atoms with Crippen molar-refractivity contribution >= 4 is 5.69 Å². The summed E-state index contributed by atoms with van der Waals surface area (Å²) in [4.78, 5) is 17.7. The average Bonchev–Trinajstić information content (AvgIpc) is 2.03. The highest BCUT2D eigenvalue weighted by Gasteiger charge is 2.19. The van der Waals surface area contributed by atoms with Crippen LogP contribution in [0.5, 0.6) is 5.88 Å². The van der Waals surface area contributed by atoms with E-state index in [1.54, 1.807) is 6.92 Å². The lowest BCUT2D eigenvalue weighted by Gasteiger charge is -2.00. The third-order valence-corrected chi connectivity index (χ3v) is 1.39. The molecule has 1 aromatic rings. The minimum Gasteiger partial charge on any atom is -0.384 e. The second kappa shape index (κ2) is 3.14. The molecule has 0 saturated heterocycles. The van der Waals surface area contributed by atoms with Gasteiger partial charge in [0.25, 0.3) is 0 Å². The molecule has 6 nitrogen and oxygen atoms in total. The zero-order valence-electron chi connectivity index (χ0n) is 6.35. The molecular formula is C6H7N3O3. The molecule has 0 aliphatic carbocycles. The molecule has 0 aliphatic heterocycles. The molecule has 1 aromatic heterocycles. The highest BCUT2D eigenvalue weighted by Crippen LogP contribution is 2.26. The zero-order chi connectivity index (χ0) is 9.14. The number of hydrogen-bond donors (Lipinski definition) is 1. The number of aryl methyl sites for hydroxylation is 1. The Balaban J connectivity index is 3.29. The largest absolute Gasteiger partial charge is 0.384 e. The molecule has 6 heteroatoms. The number of nitrogens with zero attached hydrogens (tertiary/aromatic N) is 2. The van der Waals surface area contributed by atoms with Crippen molar-refractivity contribution in [1.29, 1.82) is 0 Å². The summed E-state index contributed by atoms with van der Waals surface area (Å²) in [5.74, 6) is 4.62. The van der Waals surface area contributed by atoms with E-state index in [-0.39, 0.29) is 11.6 Å². The average molecular weight is 169 g/mol. The minimum absolute atomic E-state index is 0.167. The predicted molar refractivity (Wildman–Crippen MR) is 40.4 cm³/mol. The van der Waals surface area contributed by atoms with Gasteiger partial charge in [0.1, 0.15) is 0 Å². The number of hydrogen-bond acceptors (Lipinski definition) is 5. The van der Waals surface area contributed by atoms with E-state index in [2.05, 4.69) is 9.82 Å². The van der Waals surface area contributed by atoms with E-state index in [0.717, 1.165) is 0 Å². The Labute approximate surface area is 68.1 Å². The van der Waals surface area contributed by atoms with E-state index >= 15 is 0 Å². The Morgan fingerprint density at radius 3 is 2.83 bits per heavy atom. The van der Waals surface area contributed by atoms with Gasteiger partial charge in [0.15, 0.2) is 0 Å². The smallest absolute Gasteiger partial charge is 0.335 e. The summed E-state index contributed by atoms with van der Waals surface area (Å²) >= 11 is 0. The maximum absolute atomic E-state index is 10.4. The fourth-order valence-electron chi connectivity index (χ4n) is 0.834. The van der Waals surface area contributed by atoms with Crippen LogP contribution < -0.4 is 10.7 Å². The van der Waals surface area contributed by atoms with E-state index in [9.17, 15) is 10.1 Å². The topological polar surface area (TPSA) is 91.3 Å². The Morgan fingerprint density at radius 1 is 1.75 bits per heavy atom. The molecule has 0 unspecified atom stereocenters. The van der Waals surface area contributed by atoms with Gasteiger partial charge in [-0.1, -0.05) is 0 Å². The molecule has 12 heavy (non-hydrogen) atoms. The van der Waals surface area contributed by atoms with Crippen LogP contribution in [0.3, 0.4) is 0 Å². The van der Waals surface area contributed by atoms with Gasteiger partial charge in [0, 0.05) is 11.8 Å². The Kier molecular flexibility index (Phi) is 2.20. The van der Waals surface area contributed by atoms with E-state index in [1.807, 2.05) is 0 Å². The van der Waals surface area contributed by atoms with Gasteiger partial charge in [0.2, 0.25) is 0 Å². The van der Waals surface area contributed by atoms with E-state index in [4.69, 9.17) is 5.90 Å². The maximum Gasteiger partial charge on any atom is 0.335 e. The first-order valence-electron chi connectivity index (χ1n) is 3.13. The SMILES string of the molecule is Cc1ccnc(ON)c1[N+](=O)[O-]. The third kappa shape index (κ3) is 1.32. The van der Waals surface area contributed by atoms with Crippen LogP contribution in [-0.4, -0.2) is 9.91 Å². The second-order valence-corrected chi connectivity index (χ2v) is 2.16. The van der Waals surface area contributed by atoms with Gasteiger partial charge >= 0.3 is 11.6 Å². The highest BCUT2D eigenvalue weighted by atomic mass is 16.6. The van der Waals surface area contributed by atoms with Crippen LogP contribution in [0, 0.1) is 17.0 Å². The van der Waals surface area contributed by atoms with Crippen LogP contribution in [0.15, 0.2) is 12.3 Å². The van der Waals surface area contributed by atoms with Crippen molar-refractivity contribution in [2.24, 2.45) is 5.90 Å². The van der Waals surface area contributed by atoms with Crippen molar-refractivity contribution in [2.45, 2.75) is 6.92 Å². The molecule has 0 saturated carbocycles. The minimum atomic E-state index is -0.579. The number of nitrogens with two attached hydrogens (primary N) is 1. The molecule has 0 fully saturated rings. The second-order valence-electron chi connectivity index (χ2n) is 2.16. The number of aromatic nitrogens is 1. The maximum atomic E-state index is 10.4. The van der Waals surface area contributed by atoms with Crippen LogP contribution in [0.1, 0.15) is 5.56 Å². The zero-order valence-corrected chi connectivity index (χ0v) is 6.35. The molecule has 0 bridgehead atoms. The first-order valence-corrected chi connectivity index (χ1v) is 3.13. The van der Waals surface area contributed by atoms with Crippen LogP contribution in [0.4, 0.5) is 5.69 Å². The van der Waals surface area contributed by atoms with Crippen LogP contribution in [-0.2, 0) is 0 Å². The summed E-state index contributed by atoms with van der Waals surface area (Å²) in [7, 11) is 0. The molecule has 2 N–H and O–H groups in total. The summed E-state index contributed by atoms with van der Waals surface area (Å²) in [5.41, 5.74) is 0.274. The monoisotopic (exact) mass is 169 g/mol. The Hall–Kier alpha value is -1.69. The van der Waals surface area contributed by atoms with Gasteiger partial charge in [-0.3, -0.25) is 10.1 Å². The summed E-state index contributed by atoms with van der Waals surface area (Å²) < 4.78 is 0. The van der Waals surface area contributed by atoms with Crippen molar-refractivity contribution in [1.82, 2.24) is 4.98 Å². The molecule has 1 heterocycles. The van der Waals surface area contributed by atoms with Crippen molar-refractivity contribution in [3.8, 4) is 5.88 Å². The Bertz CT molecular complexity index is 313. The third-order valence-electron chi connectivity index (χ3n) is 1.39. The van der Waals surface area contributed by atoms with Gasteiger partial charge < -0.3 is 4.84 Å². The van der Waals surface area contributed by atoms with E-state index in [0.29, 0.717) is 5.56 Å². The molecule has 0 aromatic carbocycles. The van der Waals surface area contributed by atoms with E-state index < -0.39 is 4.92 Å². The quantitative estimate of drug-likeness (QED) is 0.515. The number of nitro groups is 1. The first-order chi connectivity index (χ1) is 5.66. The fraction of sp³-hybridized carbons (Fsp3) is 0.167. The lowest BCUT2D eigenvalue weighted by molar-refractivity contribution is -0.386. The van der Waals surface area contributed by atoms with E-state index in [1.165, 1.54) is 12.3 Å². The van der Waals surface area contributed by atoms with Gasteiger partial charge in [-0.15, -0.1) is 0 Å². The molecule has 64 valence electrons. The number of pyridine rings is 1. The van der Waals surface area contributed by atoms with Gasteiger partial charge in [0.05, 0.1) is 4.92 Å². The standard InChI is InChI=1S/C6H7N3O3/c1-4-2-3-8-6(12-7)5(4)9(10)11/h2-3H,7H2,1H3. The summed E-state index contributed by atoms with van der Waals surface area (Å²) in [6.07, 6.45) is 1.39. The van der Waals surface area contributed by atoms with Crippen molar-refractivity contribution in [2.75, 3.05) is 0 Å². The molecular weight excluding hydrogens is 162 g/mol. The summed E-state index contributed by atoms with van der Waals surface area (Å²) in [6.45, 7) is 1.59. The normalized spacial score (nSPS) is 9.50. The van der Waals surface area contributed by atoms with Gasteiger partial charge in [-0.2, -0.15) is 5.90 Å². The molecule has 0 spiro atoms. The van der Waals surface area contributed by atoms with Crippen LogP contribution in [0.2, 0.25) is 0 Å². The van der Waals surface area contributed by atoms with Crippen molar-refractivity contribution in [3.63, 3.8) is 0 Å². The summed E-state index contributed by atoms with van der Waals surface area (Å²) in [5, 5.41) is 10.4. The van der Waals surface area contributed by atoms with Crippen LogP contribution >= 0.6 is 0 Å². The predicted octanol–water partition coefficient (Wildman–Crippen LogP) is 0.551. The molecule has 0 amide bonds. The molecule has 0 atom stereocenters. The van der Waals surface area contributed by atoms with Crippen molar-refractivity contribution < 1.29 is 9.76 Å². The number of rotatable bonds is 2. The molecule has 0 aliphatic rings. The van der Waals surface area contributed by atoms with Crippen LogP contribution in [0.25, 0.3) is 0 Å². The summed E-state index contributed by atoms with van der Waals surface area (Å²) in [6, 6.07) is 1.51. The highest BCUT2D eigenvalue weighted by molar-refractivity contribution is 5.46. The van der Waals surface area contributed by atoms with Crippen molar-refractivity contribution in [3.05, 3.63) is 27.9 Å². The van der Waals surface area contributed by atoms with Gasteiger partial charge in [-0.25, -0.2) is 4.98 Å². The lowest BCUT2D eigenvalue weighted by atomic mass is 10.2. The first kappa shape index (κ1) is 8.41. The Morgan fingerprint density at radius 2 is 2.42 bits per heavy atom. The molecule has 0 radical (unpaired) electrons. The lowest BCUT2D eigenvalue weighted by Crippen LogP contribution is -2.07.